The lowest BCUT2D eigenvalue weighted by molar-refractivity contribution is 0.301. The highest BCUT2D eigenvalue weighted by Crippen LogP contribution is 2.25. The van der Waals surface area contributed by atoms with Crippen molar-refractivity contribution in [3.8, 4) is 5.75 Å². The number of nitrogen functional groups attached to an aromatic ring is 1. The third kappa shape index (κ3) is 3.50. The van der Waals surface area contributed by atoms with Gasteiger partial charge in [-0.1, -0.05) is 18.2 Å². The van der Waals surface area contributed by atoms with Crippen molar-refractivity contribution in [2.45, 2.75) is 11.5 Å². The fourth-order valence-corrected chi connectivity index (χ4v) is 2.48. The number of rotatable bonds is 5. The van der Waals surface area contributed by atoms with Gasteiger partial charge in [-0.15, -0.1) is 0 Å². The van der Waals surface area contributed by atoms with Crippen LogP contribution in [-0.4, -0.2) is 15.5 Å². The van der Waals surface area contributed by atoms with E-state index in [0.717, 1.165) is 0 Å². The number of sulfonamides is 1. The summed E-state index contributed by atoms with van der Waals surface area (Å²) in [6.07, 6.45) is 0. The Bertz CT molecular complexity index is 748. The molecule has 0 aliphatic carbocycles. The summed E-state index contributed by atoms with van der Waals surface area (Å²) >= 11 is 0. The number of halogens is 1. The molecule has 0 saturated heterocycles. The SMILES string of the molecule is CNS(=O)(=O)c1ccc(OCc2ccccc2F)c(N)c1. The third-order valence-electron chi connectivity index (χ3n) is 2.90. The van der Waals surface area contributed by atoms with Gasteiger partial charge in [-0.3, -0.25) is 0 Å². The van der Waals surface area contributed by atoms with Crippen molar-refractivity contribution in [1.82, 2.24) is 4.72 Å². The lowest BCUT2D eigenvalue weighted by atomic mass is 10.2. The molecule has 0 radical (unpaired) electrons. The summed E-state index contributed by atoms with van der Waals surface area (Å²) in [6, 6.07) is 10.3. The van der Waals surface area contributed by atoms with Crippen molar-refractivity contribution in [3.05, 3.63) is 53.8 Å². The van der Waals surface area contributed by atoms with Gasteiger partial charge in [0.15, 0.2) is 0 Å². The summed E-state index contributed by atoms with van der Waals surface area (Å²) in [6.45, 7) is 0.00893. The first kappa shape index (κ1) is 15.3. The number of nitrogens with one attached hydrogen (secondary N) is 1. The van der Waals surface area contributed by atoms with Gasteiger partial charge in [0, 0.05) is 5.56 Å². The van der Waals surface area contributed by atoms with Crippen LogP contribution in [0.15, 0.2) is 47.4 Å². The zero-order valence-electron chi connectivity index (χ0n) is 11.3. The van der Waals surface area contributed by atoms with Gasteiger partial charge in [-0.2, -0.15) is 0 Å². The zero-order chi connectivity index (χ0) is 15.5. The van der Waals surface area contributed by atoms with Gasteiger partial charge in [0.05, 0.1) is 10.6 Å². The van der Waals surface area contributed by atoms with E-state index >= 15 is 0 Å². The van der Waals surface area contributed by atoms with Crippen LogP contribution >= 0.6 is 0 Å². The fourth-order valence-electron chi connectivity index (χ4n) is 1.71. The molecule has 0 aliphatic rings. The molecular formula is C14H15FN2O3S. The number of anilines is 1. The number of ether oxygens (including phenoxy) is 1. The van der Waals surface area contributed by atoms with Crippen molar-refractivity contribution >= 4 is 15.7 Å². The van der Waals surface area contributed by atoms with E-state index in [9.17, 15) is 12.8 Å². The molecule has 21 heavy (non-hydrogen) atoms. The zero-order valence-corrected chi connectivity index (χ0v) is 12.2. The van der Waals surface area contributed by atoms with E-state index in [4.69, 9.17) is 10.5 Å². The maximum atomic E-state index is 13.5. The van der Waals surface area contributed by atoms with Crippen LogP contribution in [0.5, 0.6) is 5.75 Å². The van der Waals surface area contributed by atoms with E-state index in [-0.39, 0.29) is 23.0 Å². The van der Waals surface area contributed by atoms with Crippen molar-refractivity contribution < 1.29 is 17.5 Å². The summed E-state index contributed by atoms with van der Waals surface area (Å²) in [7, 11) is -2.24. The smallest absolute Gasteiger partial charge is 0.240 e. The van der Waals surface area contributed by atoms with E-state index < -0.39 is 10.0 Å². The summed E-state index contributed by atoms with van der Waals surface area (Å²) in [4.78, 5) is 0.0424. The maximum absolute atomic E-state index is 13.5. The Hall–Kier alpha value is -2.12. The van der Waals surface area contributed by atoms with Gasteiger partial charge < -0.3 is 10.5 Å². The molecular weight excluding hydrogens is 295 g/mol. The molecule has 0 amide bonds. The molecule has 0 aliphatic heterocycles. The molecule has 2 aromatic rings. The Morgan fingerprint density at radius 3 is 2.57 bits per heavy atom. The van der Waals surface area contributed by atoms with Crippen LogP contribution in [0.1, 0.15) is 5.56 Å². The summed E-state index contributed by atoms with van der Waals surface area (Å²) in [5, 5.41) is 0. The Balaban J connectivity index is 2.17. The highest BCUT2D eigenvalue weighted by molar-refractivity contribution is 7.89. The van der Waals surface area contributed by atoms with Crippen molar-refractivity contribution in [2.24, 2.45) is 0 Å². The monoisotopic (exact) mass is 310 g/mol. The van der Waals surface area contributed by atoms with Crippen LogP contribution in [0.4, 0.5) is 10.1 Å². The predicted octanol–water partition coefficient (Wildman–Crippen LogP) is 1.89. The minimum Gasteiger partial charge on any atom is -0.487 e. The van der Waals surface area contributed by atoms with Gasteiger partial charge in [0.2, 0.25) is 10.0 Å². The Morgan fingerprint density at radius 1 is 1.24 bits per heavy atom. The standard InChI is InChI=1S/C14H15FN2O3S/c1-17-21(18,19)11-6-7-14(13(16)8-11)20-9-10-4-2-3-5-12(10)15/h2-8,17H,9,16H2,1H3. The normalized spacial score (nSPS) is 11.3. The van der Waals surface area contributed by atoms with Gasteiger partial charge in [0.1, 0.15) is 18.2 Å². The van der Waals surface area contributed by atoms with Crippen LogP contribution < -0.4 is 15.2 Å². The number of hydrogen-bond donors (Lipinski definition) is 2. The number of hydrogen-bond acceptors (Lipinski definition) is 4. The first-order chi connectivity index (χ1) is 9.94. The predicted molar refractivity (Wildman–Crippen MR) is 77.8 cm³/mol. The highest BCUT2D eigenvalue weighted by Gasteiger charge is 2.13. The summed E-state index contributed by atoms with van der Waals surface area (Å²) < 4.78 is 44.3. The van der Waals surface area contributed by atoms with Crippen molar-refractivity contribution in [2.75, 3.05) is 12.8 Å². The molecule has 0 bridgehead atoms. The van der Waals surface area contributed by atoms with Gasteiger partial charge >= 0.3 is 0 Å². The summed E-state index contributed by atoms with van der Waals surface area (Å²) in [5.41, 5.74) is 6.33. The molecule has 112 valence electrons. The van der Waals surface area contributed by atoms with Crippen LogP contribution in [0.3, 0.4) is 0 Å². The maximum Gasteiger partial charge on any atom is 0.240 e. The Morgan fingerprint density at radius 2 is 1.95 bits per heavy atom. The van der Waals surface area contributed by atoms with E-state index in [1.54, 1.807) is 18.2 Å². The van der Waals surface area contributed by atoms with Crippen molar-refractivity contribution in [3.63, 3.8) is 0 Å². The molecule has 0 spiro atoms. The van der Waals surface area contributed by atoms with Crippen LogP contribution in [0.2, 0.25) is 0 Å². The van der Waals surface area contributed by atoms with Crippen molar-refractivity contribution in [1.29, 1.82) is 0 Å². The van der Waals surface area contributed by atoms with Gasteiger partial charge in [-0.25, -0.2) is 17.5 Å². The van der Waals surface area contributed by atoms with E-state index in [2.05, 4.69) is 4.72 Å². The van der Waals surface area contributed by atoms with E-state index in [1.807, 2.05) is 0 Å². The molecule has 2 aromatic carbocycles. The van der Waals surface area contributed by atoms with E-state index in [0.29, 0.717) is 11.3 Å². The Kier molecular flexibility index (Phi) is 4.44. The minimum absolute atomic E-state index is 0.00893. The molecule has 7 heteroatoms. The van der Waals surface area contributed by atoms with Gasteiger partial charge in [-0.05, 0) is 31.3 Å². The average Bonchev–Trinajstić information content (AvgIpc) is 2.47. The van der Waals surface area contributed by atoms with Crippen LogP contribution in [0, 0.1) is 5.82 Å². The molecule has 0 fully saturated rings. The molecule has 0 unspecified atom stereocenters. The number of benzene rings is 2. The lowest BCUT2D eigenvalue weighted by Gasteiger charge is -2.11. The molecule has 0 saturated carbocycles. The van der Waals surface area contributed by atoms with Crippen LogP contribution in [-0.2, 0) is 16.6 Å². The molecule has 2 rings (SSSR count). The quantitative estimate of drug-likeness (QED) is 0.826. The second-order valence-electron chi connectivity index (χ2n) is 4.29. The topological polar surface area (TPSA) is 81.4 Å². The first-order valence-electron chi connectivity index (χ1n) is 6.13. The number of nitrogens with two attached hydrogens (primary N) is 1. The second-order valence-corrected chi connectivity index (χ2v) is 6.17. The third-order valence-corrected chi connectivity index (χ3v) is 4.31. The molecule has 5 nitrogen and oxygen atoms in total. The van der Waals surface area contributed by atoms with Gasteiger partial charge in [0.25, 0.3) is 0 Å². The van der Waals surface area contributed by atoms with E-state index in [1.165, 1.54) is 31.3 Å². The molecule has 0 aromatic heterocycles. The lowest BCUT2D eigenvalue weighted by Crippen LogP contribution is -2.18. The molecule has 0 heterocycles. The average molecular weight is 310 g/mol. The molecule has 0 atom stereocenters. The summed E-state index contributed by atoms with van der Waals surface area (Å²) in [5.74, 6) is -0.0706. The van der Waals surface area contributed by atoms with Crippen LogP contribution in [0.25, 0.3) is 0 Å². The Labute approximate surface area is 122 Å². The largest absolute Gasteiger partial charge is 0.487 e. The fraction of sp³-hybridized carbons (Fsp3) is 0.143. The second kappa shape index (κ2) is 6.11. The minimum atomic E-state index is -3.56. The highest BCUT2D eigenvalue weighted by atomic mass is 32.2. The molecule has 3 N–H and O–H groups in total. The first-order valence-corrected chi connectivity index (χ1v) is 7.61.